The molecule has 0 bridgehead atoms. The van der Waals surface area contributed by atoms with E-state index >= 15 is 0 Å². The molecule has 2 aromatic rings. The molecule has 4 heteroatoms. The molecule has 1 amide bonds. The van der Waals surface area contributed by atoms with Gasteiger partial charge >= 0.3 is 0 Å². The van der Waals surface area contributed by atoms with Gasteiger partial charge in [0.25, 0.3) is 0 Å². The summed E-state index contributed by atoms with van der Waals surface area (Å²) in [5, 5.41) is 4.93. The highest BCUT2D eigenvalue weighted by Gasteiger charge is 2.20. The van der Waals surface area contributed by atoms with Gasteiger partial charge in [-0.1, -0.05) is 17.3 Å². The van der Waals surface area contributed by atoms with Gasteiger partial charge in [0, 0.05) is 18.5 Å². The van der Waals surface area contributed by atoms with Crippen LogP contribution in [0.3, 0.4) is 0 Å². The van der Waals surface area contributed by atoms with Gasteiger partial charge in [-0.3, -0.25) is 4.79 Å². The highest BCUT2D eigenvalue weighted by atomic mass is 16.5. The molecule has 4 nitrogen and oxygen atoms in total. The number of carbonyl (C=O) groups excluding carboxylic acids is 1. The number of fused-ring (bicyclic) bond motifs is 1. The Labute approximate surface area is 99.2 Å². The van der Waals surface area contributed by atoms with E-state index in [1.165, 1.54) is 0 Å². The summed E-state index contributed by atoms with van der Waals surface area (Å²) in [6.07, 6.45) is 2.58. The fourth-order valence-electron chi connectivity index (χ4n) is 2.29. The lowest BCUT2D eigenvalue weighted by Gasteiger charge is -2.13. The largest absolute Gasteiger partial charge is 0.356 e. The molecular weight excluding hydrogens is 216 g/mol. The number of carbonyl (C=O) groups is 1. The number of hydrogen-bond acceptors (Lipinski definition) is 3. The van der Waals surface area contributed by atoms with E-state index in [0.29, 0.717) is 6.42 Å². The molecule has 1 aliphatic heterocycles. The highest BCUT2D eigenvalue weighted by molar-refractivity contribution is 5.86. The second kappa shape index (κ2) is 4.20. The first-order chi connectivity index (χ1) is 8.34. The maximum absolute atomic E-state index is 12.0. The van der Waals surface area contributed by atoms with E-state index < -0.39 is 0 Å². The van der Waals surface area contributed by atoms with Gasteiger partial charge in [0.05, 0.1) is 6.42 Å². The quantitative estimate of drug-likeness (QED) is 0.792. The van der Waals surface area contributed by atoms with Crippen molar-refractivity contribution < 1.29 is 9.32 Å². The van der Waals surface area contributed by atoms with Crippen LogP contribution in [0.5, 0.6) is 0 Å². The number of rotatable bonds is 2. The van der Waals surface area contributed by atoms with E-state index in [2.05, 4.69) is 5.16 Å². The van der Waals surface area contributed by atoms with Crippen molar-refractivity contribution in [2.24, 2.45) is 0 Å². The van der Waals surface area contributed by atoms with Crippen molar-refractivity contribution in [1.29, 1.82) is 0 Å². The minimum Gasteiger partial charge on any atom is -0.356 e. The van der Waals surface area contributed by atoms with Crippen molar-refractivity contribution in [2.45, 2.75) is 19.3 Å². The fourth-order valence-corrected chi connectivity index (χ4v) is 2.29. The van der Waals surface area contributed by atoms with Crippen LogP contribution in [0.25, 0.3) is 11.0 Å². The predicted octanol–water partition coefficient (Wildman–Crippen LogP) is 1.99. The zero-order valence-corrected chi connectivity index (χ0v) is 9.56. The molecule has 1 saturated heterocycles. The second-order valence-corrected chi connectivity index (χ2v) is 4.39. The lowest BCUT2D eigenvalue weighted by Crippen LogP contribution is -2.29. The summed E-state index contributed by atoms with van der Waals surface area (Å²) < 4.78 is 5.19. The summed E-state index contributed by atoms with van der Waals surface area (Å²) in [4.78, 5) is 13.9. The Morgan fingerprint density at radius 2 is 2.06 bits per heavy atom. The number of hydrogen-bond donors (Lipinski definition) is 0. The average molecular weight is 230 g/mol. The molecule has 2 heterocycles. The van der Waals surface area contributed by atoms with E-state index in [-0.39, 0.29) is 5.91 Å². The molecule has 0 N–H and O–H groups in total. The van der Waals surface area contributed by atoms with Crippen LogP contribution in [0.15, 0.2) is 28.8 Å². The summed E-state index contributed by atoms with van der Waals surface area (Å²) >= 11 is 0. The summed E-state index contributed by atoms with van der Waals surface area (Å²) in [6.45, 7) is 1.77. The molecule has 0 spiro atoms. The minimum atomic E-state index is 0.154. The molecule has 3 rings (SSSR count). The van der Waals surface area contributed by atoms with E-state index in [4.69, 9.17) is 4.52 Å². The Bertz CT molecular complexity index is 541. The van der Waals surface area contributed by atoms with Crippen LogP contribution < -0.4 is 0 Å². The Morgan fingerprint density at radius 3 is 2.88 bits per heavy atom. The smallest absolute Gasteiger partial charge is 0.228 e. The zero-order valence-electron chi connectivity index (χ0n) is 9.56. The maximum Gasteiger partial charge on any atom is 0.228 e. The summed E-state index contributed by atoms with van der Waals surface area (Å²) in [5.74, 6) is 0.154. The van der Waals surface area contributed by atoms with Crippen LogP contribution in [-0.4, -0.2) is 29.1 Å². The molecule has 0 unspecified atom stereocenters. The summed E-state index contributed by atoms with van der Waals surface area (Å²) in [7, 11) is 0. The second-order valence-electron chi connectivity index (χ2n) is 4.39. The lowest BCUT2D eigenvalue weighted by atomic mass is 10.1. The standard InChI is InChI=1S/C13H14N2O2/c16-13(15-7-3-4-8-15)9-11-10-5-1-2-6-12(10)17-14-11/h1-2,5-6H,3-4,7-9H2. The third-order valence-electron chi connectivity index (χ3n) is 3.23. The van der Waals surface area contributed by atoms with Crippen molar-refractivity contribution in [1.82, 2.24) is 10.1 Å². The molecule has 0 saturated carbocycles. The number of benzene rings is 1. The molecule has 1 aromatic carbocycles. The first kappa shape index (κ1) is 10.3. The van der Waals surface area contributed by atoms with Crippen LogP contribution in [0, 0.1) is 0 Å². The molecular formula is C13H14N2O2. The van der Waals surface area contributed by atoms with E-state index in [1.54, 1.807) is 0 Å². The van der Waals surface area contributed by atoms with Crippen molar-refractivity contribution in [3.05, 3.63) is 30.0 Å². The first-order valence-electron chi connectivity index (χ1n) is 5.95. The van der Waals surface area contributed by atoms with Crippen molar-refractivity contribution in [2.75, 3.05) is 13.1 Å². The molecule has 0 atom stereocenters. The molecule has 88 valence electrons. The third-order valence-corrected chi connectivity index (χ3v) is 3.23. The molecule has 0 aliphatic carbocycles. The van der Waals surface area contributed by atoms with Gasteiger partial charge in [0.2, 0.25) is 5.91 Å². The van der Waals surface area contributed by atoms with Crippen LogP contribution in [0.4, 0.5) is 0 Å². The number of amides is 1. The van der Waals surface area contributed by atoms with Crippen LogP contribution >= 0.6 is 0 Å². The van der Waals surface area contributed by atoms with E-state index in [1.807, 2.05) is 29.2 Å². The van der Waals surface area contributed by atoms with Crippen LogP contribution in [-0.2, 0) is 11.2 Å². The first-order valence-corrected chi connectivity index (χ1v) is 5.95. The molecule has 1 aromatic heterocycles. The van der Waals surface area contributed by atoms with Gasteiger partial charge in [-0.2, -0.15) is 0 Å². The van der Waals surface area contributed by atoms with Crippen molar-refractivity contribution in [3.63, 3.8) is 0 Å². The topological polar surface area (TPSA) is 46.3 Å². The number of para-hydroxylation sites is 1. The molecule has 0 radical (unpaired) electrons. The third kappa shape index (κ3) is 1.90. The molecule has 1 fully saturated rings. The van der Waals surface area contributed by atoms with E-state index in [0.717, 1.165) is 42.6 Å². The van der Waals surface area contributed by atoms with Crippen molar-refractivity contribution >= 4 is 16.9 Å². The lowest BCUT2D eigenvalue weighted by molar-refractivity contribution is -0.129. The van der Waals surface area contributed by atoms with Crippen LogP contribution in [0.2, 0.25) is 0 Å². The van der Waals surface area contributed by atoms with Crippen molar-refractivity contribution in [3.8, 4) is 0 Å². The van der Waals surface area contributed by atoms with Gasteiger partial charge < -0.3 is 9.42 Å². The Hall–Kier alpha value is -1.84. The van der Waals surface area contributed by atoms with Gasteiger partial charge in [-0.15, -0.1) is 0 Å². The Morgan fingerprint density at radius 1 is 1.29 bits per heavy atom. The van der Waals surface area contributed by atoms with Gasteiger partial charge in [0.15, 0.2) is 5.58 Å². The summed E-state index contributed by atoms with van der Waals surface area (Å²) in [6, 6.07) is 7.65. The Kier molecular flexibility index (Phi) is 2.55. The monoisotopic (exact) mass is 230 g/mol. The predicted molar refractivity (Wildman–Crippen MR) is 63.5 cm³/mol. The van der Waals surface area contributed by atoms with Gasteiger partial charge in [0.1, 0.15) is 5.69 Å². The SMILES string of the molecule is O=C(Cc1noc2ccccc12)N1CCCC1. The molecule has 17 heavy (non-hydrogen) atoms. The van der Waals surface area contributed by atoms with Gasteiger partial charge in [-0.25, -0.2) is 0 Å². The Balaban J connectivity index is 1.82. The maximum atomic E-state index is 12.0. The normalized spacial score (nSPS) is 15.6. The van der Waals surface area contributed by atoms with E-state index in [9.17, 15) is 4.79 Å². The van der Waals surface area contributed by atoms with Crippen LogP contribution in [0.1, 0.15) is 18.5 Å². The number of nitrogens with zero attached hydrogens (tertiary/aromatic N) is 2. The summed E-state index contributed by atoms with van der Waals surface area (Å²) in [5.41, 5.74) is 1.49. The zero-order chi connectivity index (χ0) is 11.7. The average Bonchev–Trinajstić information content (AvgIpc) is 2.98. The van der Waals surface area contributed by atoms with Gasteiger partial charge in [-0.05, 0) is 25.0 Å². The number of aromatic nitrogens is 1. The molecule has 1 aliphatic rings. The highest BCUT2D eigenvalue weighted by Crippen LogP contribution is 2.19. The minimum absolute atomic E-state index is 0.154. The number of likely N-dealkylation sites (tertiary alicyclic amines) is 1. The fraction of sp³-hybridized carbons (Fsp3) is 0.385.